The van der Waals surface area contributed by atoms with E-state index in [4.69, 9.17) is 0 Å². The average Bonchev–Trinajstić information content (AvgIpc) is 3.22. The Morgan fingerprint density at radius 2 is 1.52 bits per heavy atom. The third-order valence-electron chi connectivity index (χ3n) is 4.36. The number of carbonyl (C=O) groups is 2. The van der Waals surface area contributed by atoms with Crippen LogP contribution in [0.5, 0.6) is 0 Å². The molecule has 0 amide bonds. The fourth-order valence-electron chi connectivity index (χ4n) is 3.18. The maximum atomic E-state index is 13.0. The predicted octanol–water partition coefficient (Wildman–Crippen LogP) is 3.79. The molecule has 0 N–H and O–H groups in total. The van der Waals surface area contributed by atoms with Crippen LogP contribution in [0.3, 0.4) is 0 Å². The molecule has 1 unspecified atom stereocenters. The minimum absolute atomic E-state index is 0.0418. The van der Waals surface area contributed by atoms with Gasteiger partial charge in [0.1, 0.15) is 11.7 Å². The number of nitrogens with zero attached hydrogens (tertiary/aromatic N) is 2. The normalized spacial score (nSPS) is 18.7. The Labute approximate surface area is 154 Å². The van der Waals surface area contributed by atoms with E-state index in [9.17, 15) is 9.59 Å². The number of rotatable bonds is 4. The van der Waals surface area contributed by atoms with Crippen LogP contribution in [0.25, 0.3) is 0 Å². The van der Waals surface area contributed by atoms with E-state index in [1.165, 1.54) is 0 Å². The second kappa shape index (κ2) is 6.33. The van der Waals surface area contributed by atoms with Crippen LogP contribution >= 0.6 is 15.9 Å². The summed E-state index contributed by atoms with van der Waals surface area (Å²) in [4.78, 5) is 26.0. The van der Waals surface area contributed by atoms with Crippen molar-refractivity contribution in [2.45, 2.75) is 6.04 Å². The molecule has 5 heteroatoms. The third kappa shape index (κ3) is 2.61. The van der Waals surface area contributed by atoms with Gasteiger partial charge in [-0.1, -0.05) is 76.6 Å². The fourth-order valence-corrected chi connectivity index (χ4v) is 3.98. The summed E-state index contributed by atoms with van der Waals surface area (Å²) in [5.41, 5.74) is 1.75. The van der Waals surface area contributed by atoms with Gasteiger partial charge in [0.05, 0.1) is 11.0 Å². The van der Waals surface area contributed by atoms with Gasteiger partial charge in [0, 0.05) is 17.3 Å². The number of fused-ring (bicyclic) bond motifs is 1. The van der Waals surface area contributed by atoms with Crippen LogP contribution in [0.15, 0.2) is 83.1 Å². The summed E-state index contributed by atoms with van der Waals surface area (Å²) >= 11 is 3.54. The summed E-state index contributed by atoms with van der Waals surface area (Å²) in [7, 11) is 0. The summed E-state index contributed by atoms with van der Waals surface area (Å²) in [5.74, 6) is -0.135. The first-order chi connectivity index (χ1) is 12.2. The molecule has 2 aromatic carbocycles. The lowest BCUT2D eigenvalue weighted by atomic mass is 10.0. The molecule has 0 radical (unpaired) electrons. The molecule has 2 aromatic rings. The highest BCUT2D eigenvalue weighted by Gasteiger charge is 2.44. The first-order valence-electron chi connectivity index (χ1n) is 7.99. The van der Waals surface area contributed by atoms with Crippen LogP contribution in [-0.2, 0) is 0 Å². The molecule has 0 saturated heterocycles. The molecular formula is C20H15BrN2O2. The van der Waals surface area contributed by atoms with Crippen LogP contribution in [0, 0.1) is 0 Å². The van der Waals surface area contributed by atoms with Gasteiger partial charge >= 0.3 is 0 Å². The molecule has 2 heterocycles. The topological polar surface area (TPSA) is 40.6 Å². The Balaban J connectivity index is 1.75. The minimum Gasteiger partial charge on any atom is -0.291 e. The number of allylic oxidation sites excluding steroid dienone is 1. The van der Waals surface area contributed by atoms with Gasteiger partial charge in [-0.3, -0.25) is 19.6 Å². The molecule has 0 aromatic heterocycles. The van der Waals surface area contributed by atoms with Gasteiger partial charge < -0.3 is 0 Å². The zero-order valence-corrected chi connectivity index (χ0v) is 14.9. The van der Waals surface area contributed by atoms with Gasteiger partial charge in [-0.15, -0.1) is 0 Å². The van der Waals surface area contributed by atoms with Crippen molar-refractivity contribution in [3.8, 4) is 0 Å². The van der Waals surface area contributed by atoms with Gasteiger partial charge in [0.15, 0.2) is 5.78 Å². The summed E-state index contributed by atoms with van der Waals surface area (Å²) in [6.45, 7) is 0.571. The highest BCUT2D eigenvalue weighted by atomic mass is 79.9. The molecule has 1 atom stereocenters. The highest BCUT2D eigenvalue weighted by Crippen LogP contribution is 2.38. The summed E-state index contributed by atoms with van der Waals surface area (Å²) < 4.78 is 0.611. The Bertz CT molecular complexity index is 890. The van der Waals surface area contributed by atoms with E-state index in [0.717, 1.165) is 0 Å². The quantitative estimate of drug-likeness (QED) is 0.739. The lowest BCUT2D eigenvalue weighted by Gasteiger charge is -2.28. The Morgan fingerprint density at radius 1 is 0.920 bits per heavy atom. The molecule has 0 spiro atoms. The van der Waals surface area contributed by atoms with Gasteiger partial charge in [-0.2, -0.15) is 0 Å². The number of Topliss-reactive ketones (excluding diaryl/α,β-unsaturated/α-hetero) is 2. The van der Waals surface area contributed by atoms with Gasteiger partial charge in [-0.05, 0) is 6.08 Å². The number of hydrazine groups is 1. The number of carbonyl (C=O) groups excluding carboxylic acids is 2. The predicted molar refractivity (Wildman–Crippen MR) is 99.0 cm³/mol. The lowest BCUT2D eigenvalue weighted by molar-refractivity contribution is 0.0615. The molecule has 2 aliphatic heterocycles. The van der Waals surface area contributed by atoms with Gasteiger partial charge in [-0.25, -0.2) is 0 Å². The standard InChI is InChI=1S/C20H15BrN2O2/c21-16-17(19(24)14-8-3-1-4-9-14)22-12-7-13-23(22)18(16)20(25)15-10-5-2-6-11-15/h1-12,17H,13H2. The molecule has 0 bridgehead atoms. The van der Waals surface area contributed by atoms with Gasteiger partial charge in [0.2, 0.25) is 5.78 Å². The highest BCUT2D eigenvalue weighted by molar-refractivity contribution is 9.11. The number of hydrogen-bond donors (Lipinski definition) is 0. The van der Waals surface area contributed by atoms with E-state index in [1.807, 2.05) is 58.7 Å². The maximum Gasteiger partial charge on any atom is 0.211 e. The Morgan fingerprint density at radius 3 is 2.16 bits per heavy atom. The number of ketones is 2. The number of benzene rings is 2. The Hall–Kier alpha value is -2.66. The molecule has 2 aliphatic rings. The van der Waals surface area contributed by atoms with Crippen molar-refractivity contribution in [3.05, 3.63) is 94.2 Å². The zero-order valence-electron chi connectivity index (χ0n) is 13.3. The molecule has 4 nitrogen and oxygen atoms in total. The van der Waals surface area contributed by atoms with E-state index >= 15 is 0 Å². The third-order valence-corrected chi connectivity index (χ3v) is 5.17. The van der Waals surface area contributed by atoms with Crippen molar-refractivity contribution in [2.24, 2.45) is 0 Å². The molecule has 25 heavy (non-hydrogen) atoms. The first kappa shape index (κ1) is 15.8. The number of halogens is 1. The molecule has 4 rings (SSSR count). The first-order valence-corrected chi connectivity index (χ1v) is 8.79. The van der Waals surface area contributed by atoms with E-state index in [-0.39, 0.29) is 11.6 Å². The fraction of sp³-hybridized carbons (Fsp3) is 0.100. The van der Waals surface area contributed by atoms with Crippen LogP contribution < -0.4 is 0 Å². The zero-order chi connectivity index (χ0) is 17.4. The smallest absolute Gasteiger partial charge is 0.211 e. The van der Waals surface area contributed by atoms with Crippen molar-refractivity contribution in [1.29, 1.82) is 0 Å². The molecular weight excluding hydrogens is 380 g/mol. The maximum absolute atomic E-state index is 13.0. The van der Waals surface area contributed by atoms with Crippen molar-refractivity contribution in [1.82, 2.24) is 10.0 Å². The van der Waals surface area contributed by atoms with E-state index in [0.29, 0.717) is 27.9 Å². The molecule has 0 saturated carbocycles. The average molecular weight is 395 g/mol. The van der Waals surface area contributed by atoms with Crippen LogP contribution in [0.1, 0.15) is 20.7 Å². The number of hydrogen-bond acceptors (Lipinski definition) is 4. The van der Waals surface area contributed by atoms with Crippen molar-refractivity contribution in [3.63, 3.8) is 0 Å². The minimum atomic E-state index is -0.552. The van der Waals surface area contributed by atoms with Crippen molar-refractivity contribution >= 4 is 27.5 Å². The molecule has 124 valence electrons. The van der Waals surface area contributed by atoms with E-state index in [1.54, 1.807) is 24.3 Å². The SMILES string of the molecule is O=C(C1=C(Br)C(C(=O)c2ccccc2)N2C=CCN12)c1ccccc1. The van der Waals surface area contributed by atoms with Crippen LogP contribution in [0.2, 0.25) is 0 Å². The largest absolute Gasteiger partial charge is 0.291 e. The molecule has 0 fully saturated rings. The Kier molecular flexibility index (Phi) is 4.01. The summed E-state index contributed by atoms with van der Waals surface area (Å²) in [6.07, 6.45) is 3.81. The second-order valence-electron chi connectivity index (χ2n) is 5.87. The molecule has 0 aliphatic carbocycles. The van der Waals surface area contributed by atoms with E-state index in [2.05, 4.69) is 15.9 Å². The monoisotopic (exact) mass is 394 g/mol. The van der Waals surface area contributed by atoms with E-state index < -0.39 is 6.04 Å². The summed E-state index contributed by atoms with van der Waals surface area (Å²) in [6, 6.07) is 17.7. The van der Waals surface area contributed by atoms with Gasteiger partial charge in [0.25, 0.3) is 0 Å². The van der Waals surface area contributed by atoms with Crippen LogP contribution in [0.4, 0.5) is 0 Å². The van der Waals surface area contributed by atoms with Crippen molar-refractivity contribution < 1.29 is 9.59 Å². The summed E-state index contributed by atoms with van der Waals surface area (Å²) in [5, 5.41) is 3.68. The van der Waals surface area contributed by atoms with Crippen LogP contribution in [-0.4, -0.2) is 34.2 Å². The second-order valence-corrected chi connectivity index (χ2v) is 6.73. The lowest BCUT2D eigenvalue weighted by Crippen LogP contribution is -2.40. The van der Waals surface area contributed by atoms with Crippen molar-refractivity contribution in [2.75, 3.05) is 6.54 Å².